The van der Waals surface area contributed by atoms with Crippen LogP contribution in [0.4, 0.5) is 0 Å². The van der Waals surface area contributed by atoms with E-state index in [1.807, 2.05) is 11.0 Å². The Kier molecular flexibility index (Phi) is 6.13. The van der Waals surface area contributed by atoms with E-state index in [0.717, 1.165) is 26.1 Å². The number of ether oxygens (including phenoxy) is 3. The minimum atomic E-state index is 0.00521. The van der Waals surface area contributed by atoms with Crippen molar-refractivity contribution in [1.29, 1.82) is 0 Å². The molecule has 1 heterocycles. The summed E-state index contributed by atoms with van der Waals surface area (Å²) in [5, 5.41) is 0. The monoisotopic (exact) mass is 410 g/mol. The lowest BCUT2D eigenvalue weighted by Gasteiger charge is -2.42. The highest BCUT2D eigenvalue weighted by molar-refractivity contribution is 5.96. The van der Waals surface area contributed by atoms with Crippen molar-refractivity contribution in [3.8, 4) is 17.2 Å². The molecule has 6 heteroatoms. The lowest BCUT2D eigenvalue weighted by molar-refractivity contribution is 0.0436. The van der Waals surface area contributed by atoms with E-state index in [0.29, 0.717) is 28.9 Å². The van der Waals surface area contributed by atoms with E-state index in [1.165, 1.54) is 18.4 Å². The molecule has 0 spiro atoms. The quantitative estimate of drug-likeness (QED) is 0.701. The van der Waals surface area contributed by atoms with Crippen LogP contribution in [0.5, 0.6) is 17.2 Å². The van der Waals surface area contributed by atoms with Crippen LogP contribution in [0.15, 0.2) is 42.5 Å². The van der Waals surface area contributed by atoms with Gasteiger partial charge in [0, 0.05) is 37.3 Å². The fraction of sp³-hybridized carbons (Fsp3) is 0.458. The number of piperazine rings is 1. The predicted octanol–water partition coefficient (Wildman–Crippen LogP) is 3.24. The van der Waals surface area contributed by atoms with E-state index in [-0.39, 0.29) is 11.9 Å². The number of hydrogen-bond acceptors (Lipinski definition) is 5. The number of carbonyl (C=O) groups excluding carboxylic acids is 1. The van der Waals surface area contributed by atoms with E-state index in [9.17, 15) is 4.79 Å². The first kappa shape index (κ1) is 20.5. The molecule has 1 unspecified atom stereocenters. The number of rotatable bonds is 7. The number of nitrogens with zero attached hydrogens (tertiary/aromatic N) is 2. The summed E-state index contributed by atoms with van der Waals surface area (Å²) in [5.41, 5.74) is 1.81. The van der Waals surface area contributed by atoms with Crippen LogP contribution >= 0.6 is 0 Å². The van der Waals surface area contributed by atoms with Crippen molar-refractivity contribution in [2.45, 2.75) is 31.3 Å². The maximum Gasteiger partial charge on any atom is 0.254 e. The Labute approximate surface area is 178 Å². The SMILES string of the molecule is COc1cc(C(=O)N2CCN(C3CC3)CC2Cc2ccccc2)cc(OC)c1OC. The van der Waals surface area contributed by atoms with Crippen LogP contribution in [0.1, 0.15) is 28.8 Å². The average Bonchev–Trinajstić information content (AvgIpc) is 3.63. The van der Waals surface area contributed by atoms with E-state index in [2.05, 4.69) is 29.2 Å². The summed E-state index contributed by atoms with van der Waals surface area (Å²) in [5.74, 6) is 1.49. The van der Waals surface area contributed by atoms with Gasteiger partial charge in [-0.05, 0) is 37.0 Å². The van der Waals surface area contributed by atoms with Crippen LogP contribution in [0, 0.1) is 0 Å². The van der Waals surface area contributed by atoms with Crippen molar-refractivity contribution >= 4 is 5.91 Å². The summed E-state index contributed by atoms with van der Waals surface area (Å²) in [6.07, 6.45) is 3.40. The van der Waals surface area contributed by atoms with Gasteiger partial charge in [-0.15, -0.1) is 0 Å². The van der Waals surface area contributed by atoms with Gasteiger partial charge in [-0.2, -0.15) is 0 Å². The number of benzene rings is 2. The smallest absolute Gasteiger partial charge is 0.254 e. The molecular weight excluding hydrogens is 380 g/mol. The Hall–Kier alpha value is -2.73. The highest BCUT2D eigenvalue weighted by Gasteiger charge is 2.37. The van der Waals surface area contributed by atoms with Crippen molar-refractivity contribution in [3.63, 3.8) is 0 Å². The Morgan fingerprint density at radius 2 is 1.63 bits per heavy atom. The van der Waals surface area contributed by atoms with Gasteiger partial charge in [0.05, 0.1) is 21.3 Å². The summed E-state index contributed by atoms with van der Waals surface area (Å²) in [6.45, 7) is 2.56. The van der Waals surface area contributed by atoms with Crippen LogP contribution in [-0.2, 0) is 6.42 Å². The Morgan fingerprint density at radius 3 is 2.20 bits per heavy atom. The largest absolute Gasteiger partial charge is 0.493 e. The first-order chi connectivity index (χ1) is 14.6. The molecule has 2 fully saturated rings. The van der Waals surface area contributed by atoms with Crippen LogP contribution < -0.4 is 14.2 Å². The molecule has 4 rings (SSSR count). The molecule has 1 aliphatic heterocycles. The lowest BCUT2D eigenvalue weighted by Crippen LogP contribution is -2.56. The van der Waals surface area contributed by atoms with Gasteiger partial charge in [0.15, 0.2) is 11.5 Å². The van der Waals surface area contributed by atoms with Crippen molar-refractivity contribution in [1.82, 2.24) is 9.80 Å². The van der Waals surface area contributed by atoms with Gasteiger partial charge in [-0.3, -0.25) is 9.69 Å². The fourth-order valence-electron chi connectivity index (χ4n) is 4.35. The van der Waals surface area contributed by atoms with Crippen LogP contribution in [-0.4, -0.2) is 68.8 Å². The minimum absolute atomic E-state index is 0.00521. The molecule has 0 N–H and O–H groups in total. The first-order valence-electron chi connectivity index (χ1n) is 10.5. The Bertz CT molecular complexity index is 857. The Morgan fingerprint density at radius 1 is 0.967 bits per heavy atom. The van der Waals surface area contributed by atoms with Crippen LogP contribution in [0.25, 0.3) is 0 Å². The summed E-state index contributed by atoms with van der Waals surface area (Å²) < 4.78 is 16.3. The zero-order chi connectivity index (χ0) is 21.1. The fourth-order valence-corrected chi connectivity index (χ4v) is 4.35. The third kappa shape index (κ3) is 4.24. The zero-order valence-electron chi connectivity index (χ0n) is 18.0. The van der Waals surface area contributed by atoms with E-state index in [4.69, 9.17) is 14.2 Å². The minimum Gasteiger partial charge on any atom is -0.493 e. The third-order valence-electron chi connectivity index (χ3n) is 6.06. The van der Waals surface area contributed by atoms with Gasteiger partial charge < -0.3 is 19.1 Å². The highest BCUT2D eigenvalue weighted by atomic mass is 16.5. The van der Waals surface area contributed by atoms with Crippen LogP contribution in [0.3, 0.4) is 0 Å². The van der Waals surface area contributed by atoms with E-state index in [1.54, 1.807) is 33.5 Å². The number of amides is 1. The molecule has 0 bridgehead atoms. The summed E-state index contributed by atoms with van der Waals surface area (Å²) in [4.78, 5) is 18.2. The molecule has 2 aromatic rings. The van der Waals surface area contributed by atoms with Gasteiger partial charge in [0.25, 0.3) is 5.91 Å². The topological polar surface area (TPSA) is 51.2 Å². The molecule has 2 aliphatic rings. The third-order valence-corrected chi connectivity index (χ3v) is 6.06. The van der Waals surface area contributed by atoms with Crippen molar-refractivity contribution in [3.05, 3.63) is 53.6 Å². The Balaban J connectivity index is 1.62. The van der Waals surface area contributed by atoms with Gasteiger partial charge >= 0.3 is 0 Å². The second-order valence-corrected chi connectivity index (χ2v) is 7.98. The van der Waals surface area contributed by atoms with E-state index >= 15 is 0 Å². The maximum atomic E-state index is 13.6. The van der Waals surface area contributed by atoms with Crippen molar-refractivity contribution in [2.24, 2.45) is 0 Å². The van der Waals surface area contributed by atoms with Crippen LogP contribution in [0.2, 0.25) is 0 Å². The average molecular weight is 411 g/mol. The molecule has 1 amide bonds. The second kappa shape index (κ2) is 8.96. The standard InChI is InChI=1S/C24H30N2O4/c1-28-21-14-18(15-22(29-2)23(21)30-3)24(27)26-12-11-25(19-9-10-19)16-20(26)13-17-7-5-4-6-8-17/h4-8,14-15,19-20H,9-13,16H2,1-3H3. The molecule has 1 atom stereocenters. The highest BCUT2D eigenvalue weighted by Crippen LogP contribution is 2.39. The molecule has 1 aliphatic carbocycles. The van der Waals surface area contributed by atoms with Crippen molar-refractivity contribution in [2.75, 3.05) is 41.0 Å². The maximum absolute atomic E-state index is 13.6. The van der Waals surface area contributed by atoms with Gasteiger partial charge in [0.1, 0.15) is 0 Å². The van der Waals surface area contributed by atoms with Gasteiger partial charge in [-0.25, -0.2) is 0 Å². The van der Waals surface area contributed by atoms with Crippen molar-refractivity contribution < 1.29 is 19.0 Å². The molecule has 160 valence electrons. The molecule has 6 nitrogen and oxygen atoms in total. The normalized spacial score (nSPS) is 19.4. The lowest BCUT2D eigenvalue weighted by atomic mass is 10.0. The molecule has 0 radical (unpaired) electrons. The number of methoxy groups -OCH3 is 3. The second-order valence-electron chi connectivity index (χ2n) is 7.98. The predicted molar refractivity (Wildman–Crippen MR) is 116 cm³/mol. The molecule has 1 saturated carbocycles. The number of carbonyl (C=O) groups is 1. The van der Waals surface area contributed by atoms with E-state index < -0.39 is 0 Å². The number of hydrogen-bond donors (Lipinski definition) is 0. The summed E-state index contributed by atoms with van der Waals surface area (Å²) in [7, 11) is 4.70. The summed E-state index contributed by atoms with van der Waals surface area (Å²) >= 11 is 0. The molecule has 1 saturated heterocycles. The molecule has 30 heavy (non-hydrogen) atoms. The summed E-state index contributed by atoms with van der Waals surface area (Å²) in [6, 6.07) is 14.7. The molecular formula is C24H30N2O4. The zero-order valence-corrected chi connectivity index (χ0v) is 18.0. The first-order valence-corrected chi connectivity index (χ1v) is 10.5. The van der Waals surface area contributed by atoms with Gasteiger partial charge in [-0.1, -0.05) is 30.3 Å². The van der Waals surface area contributed by atoms with Gasteiger partial charge in [0.2, 0.25) is 5.75 Å². The molecule has 0 aromatic heterocycles. The molecule has 2 aromatic carbocycles.